The second-order valence-electron chi connectivity index (χ2n) is 5.65. The standard InChI is InChI=1S/C17H19NO2/c1-17(2,3)20-16-11-7-10-14(18-16)12-15(19)13-8-5-4-6-9-13/h4-11H,12H2,1-3H3. The molecule has 0 bridgehead atoms. The molecule has 104 valence electrons. The van der Waals surface area contributed by atoms with E-state index < -0.39 is 0 Å². The van der Waals surface area contributed by atoms with E-state index in [0.29, 0.717) is 11.4 Å². The SMILES string of the molecule is CC(C)(C)Oc1cccc(CC(=O)c2ccccc2)n1. The zero-order valence-electron chi connectivity index (χ0n) is 12.1. The molecule has 0 N–H and O–H groups in total. The Bertz CT molecular complexity index is 585. The Morgan fingerprint density at radius 2 is 1.75 bits per heavy atom. The van der Waals surface area contributed by atoms with Gasteiger partial charge in [0.15, 0.2) is 5.78 Å². The van der Waals surface area contributed by atoms with Crippen molar-refractivity contribution in [1.29, 1.82) is 0 Å². The lowest BCUT2D eigenvalue weighted by Crippen LogP contribution is -2.23. The Labute approximate surface area is 119 Å². The molecule has 0 fully saturated rings. The lowest BCUT2D eigenvalue weighted by molar-refractivity contribution is 0.0991. The predicted molar refractivity (Wildman–Crippen MR) is 79.1 cm³/mol. The van der Waals surface area contributed by atoms with Crippen molar-refractivity contribution in [3.05, 3.63) is 59.8 Å². The molecule has 0 amide bonds. The number of Topliss-reactive ketones (excluding diaryl/α,β-unsaturated/α-hetero) is 1. The van der Waals surface area contributed by atoms with Crippen LogP contribution in [0.2, 0.25) is 0 Å². The number of rotatable bonds is 4. The van der Waals surface area contributed by atoms with E-state index in [2.05, 4.69) is 4.98 Å². The van der Waals surface area contributed by atoms with Crippen molar-refractivity contribution < 1.29 is 9.53 Å². The summed E-state index contributed by atoms with van der Waals surface area (Å²) in [6, 6.07) is 14.8. The summed E-state index contributed by atoms with van der Waals surface area (Å²) in [7, 11) is 0. The van der Waals surface area contributed by atoms with Gasteiger partial charge in [0, 0.05) is 11.6 Å². The Kier molecular flexibility index (Phi) is 4.18. The highest BCUT2D eigenvalue weighted by Crippen LogP contribution is 2.16. The van der Waals surface area contributed by atoms with Crippen LogP contribution < -0.4 is 4.74 Å². The maximum absolute atomic E-state index is 12.1. The molecule has 1 heterocycles. The minimum absolute atomic E-state index is 0.0611. The smallest absolute Gasteiger partial charge is 0.213 e. The molecule has 2 aromatic rings. The number of nitrogens with zero attached hydrogens (tertiary/aromatic N) is 1. The zero-order valence-corrected chi connectivity index (χ0v) is 12.1. The molecule has 0 radical (unpaired) electrons. The average Bonchev–Trinajstić information content (AvgIpc) is 2.38. The molecule has 0 spiro atoms. The van der Waals surface area contributed by atoms with Crippen LogP contribution in [-0.4, -0.2) is 16.4 Å². The Hall–Kier alpha value is -2.16. The third kappa shape index (κ3) is 4.19. The van der Waals surface area contributed by atoms with Gasteiger partial charge in [-0.3, -0.25) is 4.79 Å². The molecule has 2 rings (SSSR count). The van der Waals surface area contributed by atoms with Crippen molar-refractivity contribution in [2.75, 3.05) is 0 Å². The van der Waals surface area contributed by atoms with Gasteiger partial charge in [-0.15, -0.1) is 0 Å². The van der Waals surface area contributed by atoms with Crippen LogP contribution in [0.4, 0.5) is 0 Å². The van der Waals surface area contributed by atoms with Gasteiger partial charge < -0.3 is 4.74 Å². The van der Waals surface area contributed by atoms with Crippen LogP contribution in [0.1, 0.15) is 36.8 Å². The third-order valence-corrected chi connectivity index (χ3v) is 2.63. The first kappa shape index (κ1) is 14.3. The van der Waals surface area contributed by atoms with Crippen molar-refractivity contribution in [1.82, 2.24) is 4.98 Å². The molecule has 1 aromatic heterocycles. The summed E-state index contributed by atoms with van der Waals surface area (Å²) in [5, 5.41) is 0. The van der Waals surface area contributed by atoms with E-state index in [1.807, 2.05) is 69.3 Å². The van der Waals surface area contributed by atoms with E-state index >= 15 is 0 Å². The molecular weight excluding hydrogens is 250 g/mol. The second-order valence-corrected chi connectivity index (χ2v) is 5.65. The highest BCUT2D eigenvalue weighted by molar-refractivity contribution is 5.97. The van der Waals surface area contributed by atoms with E-state index in [-0.39, 0.29) is 17.8 Å². The first-order chi connectivity index (χ1) is 9.44. The zero-order chi connectivity index (χ0) is 14.6. The monoisotopic (exact) mass is 269 g/mol. The highest BCUT2D eigenvalue weighted by Gasteiger charge is 2.14. The van der Waals surface area contributed by atoms with Crippen molar-refractivity contribution in [3.63, 3.8) is 0 Å². The summed E-state index contributed by atoms with van der Waals surface area (Å²) in [6.45, 7) is 5.91. The summed E-state index contributed by atoms with van der Waals surface area (Å²) in [5.74, 6) is 0.613. The number of hydrogen-bond donors (Lipinski definition) is 0. The number of ether oxygens (including phenoxy) is 1. The first-order valence-electron chi connectivity index (χ1n) is 6.67. The number of hydrogen-bond acceptors (Lipinski definition) is 3. The molecule has 0 aliphatic carbocycles. The predicted octanol–water partition coefficient (Wildman–Crippen LogP) is 3.68. The number of pyridine rings is 1. The van der Waals surface area contributed by atoms with Crippen molar-refractivity contribution >= 4 is 5.78 Å². The summed E-state index contributed by atoms with van der Waals surface area (Å²) in [6.07, 6.45) is 0.283. The second kappa shape index (κ2) is 5.87. The summed E-state index contributed by atoms with van der Waals surface area (Å²) < 4.78 is 5.71. The number of aromatic nitrogens is 1. The molecular formula is C17H19NO2. The number of carbonyl (C=O) groups excluding carboxylic acids is 1. The highest BCUT2D eigenvalue weighted by atomic mass is 16.5. The van der Waals surface area contributed by atoms with Gasteiger partial charge in [0.2, 0.25) is 5.88 Å². The molecule has 0 aliphatic rings. The van der Waals surface area contributed by atoms with Crippen LogP contribution in [0.3, 0.4) is 0 Å². The van der Waals surface area contributed by atoms with Crippen molar-refractivity contribution in [3.8, 4) is 5.88 Å². The van der Waals surface area contributed by atoms with E-state index in [0.717, 1.165) is 5.69 Å². The molecule has 0 aliphatic heterocycles. The van der Waals surface area contributed by atoms with Crippen molar-refractivity contribution in [2.24, 2.45) is 0 Å². The van der Waals surface area contributed by atoms with Crippen LogP contribution >= 0.6 is 0 Å². The van der Waals surface area contributed by atoms with Gasteiger partial charge in [-0.25, -0.2) is 4.98 Å². The topological polar surface area (TPSA) is 39.2 Å². The molecule has 0 unspecified atom stereocenters. The van der Waals surface area contributed by atoms with Gasteiger partial charge in [-0.1, -0.05) is 36.4 Å². The van der Waals surface area contributed by atoms with Crippen LogP contribution in [0.15, 0.2) is 48.5 Å². The summed E-state index contributed by atoms with van der Waals surface area (Å²) in [5.41, 5.74) is 1.13. The van der Waals surface area contributed by atoms with Crippen LogP contribution in [-0.2, 0) is 6.42 Å². The largest absolute Gasteiger partial charge is 0.472 e. The van der Waals surface area contributed by atoms with Gasteiger partial charge in [-0.05, 0) is 26.8 Å². The third-order valence-electron chi connectivity index (χ3n) is 2.63. The fraction of sp³-hybridized carbons (Fsp3) is 0.294. The number of benzene rings is 1. The Balaban J connectivity index is 2.10. The van der Waals surface area contributed by atoms with Gasteiger partial charge >= 0.3 is 0 Å². The van der Waals surface area contributed by atoms with Gasteiger partial charge in [0.25, 0.3) is 0 Å². The van der Waals surface area contributed by atoms with Gasteiger partial charge in [0.05, 0.1) is 12.1 Å². The molecule has 3 heteroatoms. The minimum atomic E-state index is -0.297. The maximum Gasteiger partial charge on any atom is 0.213 e. The lowest BCUT2D eigenvalue weighted by atomic mass is 10.1. The Morgan fingerprint density at radius 3 is 2.40 bits per heavy atom. The maximum atomic E-state index is 12.1. The number of carbonyl (C=O) groups is 1. The van der Waals surface area contributed by atoms with E-state index in [4.69, 9.17) is 4.74 Å². The Morgan fingerprint density at radius 1 is 1.05 bits per heavy atom. The van der Waals surface area contributed by atoms with E-state index in [1.54, 1.807) is 0 Å². The number of ketones is 1. The fourth-order valence-electron chi connectivity index (χ4n) is 1.82. The average molecular weight is 269 g/mol. The van der Waals surface area contributed by atoms with Gasteiger partial charge in [-0.2, -0.15) is 0 Å². The molecule has 0 atom stereocenters. The molecule has 0 saturated heterocycles. The summed E-state index contributed by atoms with van der Waals surface area (Å²) in [4.78, 5) is 16.5. The van der Waals surface area contributed by atoms with Gasteiger partial charge in [0.1, 0.15) is 5.60 Å². The normalized spacial score (nSPS) is 11.2. The molecule has 20 heavy (non-hydrogen) atoms. The van der Waals surface area contributed by atoms with E-state index in [1.165, 1.54) is 0 Å². The van der Waals surface area contributed by atoms with E-state index in [9.17, 15) is 4.79 Å². The quantitative estimate of drug-likeness (QED) is 0.795. The fourth-order valence-corrected chi connectivity index (χ4v) is 1.82. The van der Waals surface area contributed by atoms with Crippen LogP contribution in [0.5, 0.6) is 5.88 Å². The molecule has 3 nitrogen and oxygen atoms in total. The van der Waals surface area contributed by atoms with Crippen LogP contribution in [0, 0.1) is 0 Å². The minimum Gasteiger partial charge on any atom is -0.472 e. The molecule has 1 aromatic carbocycles. The van der Waals surface area contributed by atoms with Crippen LogP contribution in [0.25, 0.3) is 0 Å². The molecule has 0 saturated carbocycles. The first-order valence-corrected chi connectivity index (χ1v) is 6.67. The summed E-state index contributed by atoms with van der Waals surface area (Å²) >= 11 is 0. The van der Waals surface area contributed by atoms with Crippen molar-refractivity contribution in [2.45, 2.75) is 32.8 Å². The lowest BCUT2D eigenvalue weighted by Gasteiger charge is -2.20.